The van der Waals surface area contributed by atoms with Gasteiger partial charge in [-0.2, -0.15) is 0 Å². The molecule has 18 heavy (non-hydrogen) atoms. The fourth-order valence-electron chi connectivity index (χ4n) is 2.33. The molecule has 0 spiro atoms. The van der Waals surface area contributed by atoms with Gasteiger partial charge < -0.3 is 16.4 Å². The van der Waals surface area contributed by atoms with Gasteiger partial charge in [0.25, 0.3) is 0 Å². The molecule has 0 radical (unpaired) electrons. The van der Waals surface area contributed by atoms with Gasteiger partial charge in [-0.05, 0) is 45.4 Å². The predicted molar refractivity (Wildman–Crippen MR) is 68.7 cm³/mol. The van der Waals surface area contributed by atoms with E-state index >= 15 is 0 Å². The highest BCUT2D eigenvalue weighted by atomic mass is 16.2. The number of hydrogen-bond donors (Lipinski definition) is 3. The summed E-state index contributed by atoms with van der Waals surface area (Å²) in [6, 6.07) is 0.142. The first-order valence-electron chi connectivity index (χ1n) is 6.92. The Morgan fingerprint density at radius 1 is 1.11 bits per heavy atom. The third-order valence-corrected chi connectivity index (χ3v) is 3.82. The Bertz CT molecular complexity index is 320. The SMILES string of the molecule is CC(NC(=O)C1CCC(N)CC1)C(=O)NC1CC1. The molecule has 1 unspecified atom stereocenters. The van der Waals surface area contributed by atoms with E-state index in [-0.39, 0.29) is 23.8 Å². The standard InChI is InChI=1S/C13H23N3O2/c1-8(12(17)16-11-6-7-11)15-13(18)9-2-4-10(14)5-3-9/h8-11H,2-7,14H2,1H3,(H,15,18)(H,16,17). The first kappa shape index (κ1) is 13.3. The Morgan fingerprint density at radius 3 is 2.28 bits per heavy atom. The van der Waals surface area contributed by atoms with Crippen LogP contribution in [0.1, 0.15) is 45.4 Å². The van der Waals surface area contributed by atoms with E-state index in [9.17, 15) is 9.59 Å². The average molecular weight is 253 g/mol. The van der Waals surface area contributed by atoms with E-state index in [2.05, 4.69) is 10.6 Å². The van der Waals surface area contributed by atoms with Crippen LogP contribution >= 0.6 is 0 Å². The summed E-state index contributed by atoms with van der Waals surface area (Å²) >= 11 is 0. The maximum Gasteiger partial charge on any atom is 0.242 e. The normalized spacial score (nSPS) is 29.4. The highest BCUT2D eigenvalue weighted by molar-refractivity contribution is 5.88. The summed E-state index contributed by atoms with van der Waals surface area (Å²) in [5.41, 5.74) is 5.81. The Hall–Kier alpha value is -1.10. The second-order valence-corrected chi connectivity index (χ2v) is 5.62. The molecule has 0 bridgehead atoms. The second-order valence-electron chi connectivity index (χ2n) is 5.62. The summed E-state index contributed by atoms with van der Waals surface area (Å²) in [4.78, 5) is 23.7. The monoisotopic (exact) mass is 253 g/mol. The van der Waals surface area contributed by atoms with Crippen molar-refractivity contribution in [3.05, 3.63) is 0 Å². The fourth-order valence-corrected chi connectivity index (χ4v) is 2.33. The largest absolute Gasteiger partial charge is 0.352 e. The van der Waals surface area contributed by atoms with Crippen molar-refractivity contribution in [2.75, 3.05) is 0 Å². The molecule has 2 rings (SSSR count). The molecule has 5 heteroatoms. The van der Waals surface area contributed by atoms with Crippen molar-refractivity contribution in [2.24, 2.45) is 11.7 Å². The van der Waals surface area contributed by atoms with E-state index in [0.29, 0.717) is 6.04 Å². The maximum absolute atomic E-state index is 12.0. The van der Waals surface area contributed by atoms with Gasteiger partial charge in [0.15, 0.2) is 0 Å². The van der Waals surface area contributed by atoms with E-state index in [1.807, 2.05) is 0 Å². The molecule has 2 amide bonds. The van der Waals surface area contributed by atoms with Crippen molar-refractivity contribution in [2.45, 2.75) is 63.6 Å². The Kier molecular flexibility index (Phi) is 4.22. The summed E-state index contributed by atoms with van der Waals surface area (Å²) in [5.74, 6) is -0.0420. The molecule has 2 fully saturated rings. The number of hydrogen-bond acceptors (Lipinski definition) is 3. The van der Waals surface area contributed by atoms with Crippen LogP contribution in [0.3, 0.4) is 0 Å². The van der Waals surface area contributed by atoms with Gasteiger partial charge in [0, 0.05) is 18.0 Å². The molecule has 4 N–H and O–H groups in total. The highest BCUT2D eigenvalue weighted by Crippen LogP contribution is 2.23. The predicted octanol–water partition coefficient (Wildman–Crippen LogP) is 0.287. The molecule has 2 aliphatic rings. The number of nitrogens with one attached hydrogen (secondary N) is 2. The first-order valence-corrected chi connectivity index (χ1v) is 6.92. The van der Waals surface area contributed by atoms with E-state index in [1.165, 1.54) is 0 Å². The van der Waals surface area contributed by atoms with Crippen LogP contribution in [-0.4, -0.2) is 29.9 Å². The molecule has 0 heterocycles. The number of carbonyl (C=O) groups is 2. The maximum atomic E-state index is 12.0. The molecular formula is C13H23N3O2. The lowest BCUT2D eigenvalue weighted by molar-refractivity contribution is -0.131. The minimum Gasteiger partial charge on any atom is -0.352 e. The van der Waals surface area contributed by atoms with Gasteiger partial charge in [0.05, 0.1) is 0 Å². The molecule has 1 atom stereocenters. The van der Waals surface area contributed by atoms with Crippen LogP contribution in [0.2, 0.25) is 0 Å². The van der Waals surface area contributed by atoms with Crippen LogP contribution in [-0.2, 0) is 9.59 Å². The summed E-state index contributed by atoms with van der Waals surface area (Å²) in [5, 5.41) is 5.70. The Labute approximate surface area is 108 Å². The minimum absolute atomic E-state index is 0.000321. The van der Waals surface area contributed by atoms with Crippen molar-refractivity contribution < 1.29 is 9.59 Å². The average Bonchev–Trinajstić information content (AvgIpc) is 3.13. The molecule has 5 nitrogen and oxygen atoms in total. The van der Waals surface area contributed by atoms with Crippen molar-refractivity contribution in [3.8, 4) is 0 Å². The summed E-state index contributed by atoms with van der Waals surface area (Å²) in [6.07, 6.45) is 5.61. The van der Waals surface area contributed by atoms with Crippen molar-refractivity contribution in [1.82, 2.24) is 10.6 Å². The number of amides is 2. The lowest BCUT2D eigenvalue weighted by Gasteiger charge is -2.26. The molecule has 0 aliphatic heterocycles. The van der Waals surface area contributed by atoms with E-state index in [4.69, 9.17) is 5.73 Å². The third kappa shape index (κ3) is 3.70. The zero-order chi connectivity index (χ0) is 13.1. The second kappa shape index (κ2) is 5.69. The summed E-state index contributed by atoms with van der Waals surface area (Å²) in [7, 11) is 0. The lowest BCUT2D eigenvalue weighted by Crippen LogP contribution is -2.48. The number of rotatable bonds is 4. The Morgan fingerprint density at radius 2 is 1.72 bits per heavy atom. The van der Waals surface area contributed by atoms with Crippen LogP contribution < -0.4 is 16.4 Å². The lowest BCUT2D eigenvalue weighted by atomic mass is 9.86. The van der Waals surface area contributed by atoms with Gasteiger partial charge in [-0.25, -0.2) is 0 Å². The van der Waals surface area contributed by atoms with E-state index in [1.54, 1.807) is 6.92 Å². The number of carbonyl (C=O) groups excluding carboxylic acids is 2. The van der Waals surface area contributed by atoms with E-state index in [0.717, 1.165) is 38.5 Å². The molecule has 0 aromatic heterocycles. The molecule has 0 aromatic carbocycles. The molecule has 102 valence electrons. The van der Waals surface area contributed by atoms with Crippen LogP contribution in [0.4, 0.5) is 0 Å². The van der Waals surface area contributed by atoms with E-state index < -0.39 is 6.04 Å². The van der Waals surface area contributed by atoms with Crippen LogP contribution in [0.15, 0.2) is 0 Å². The van der Waals surface area contributed by atoms with Gasteiger partial charge >= 0.3 is 0 Å². The van der Waals surface area contributed by atoms with Gasteiger partial charge in [0.2, 0.25) is 11.8 Å². The van der Waals surface area contributed by atoms with Gasteiger partial charge in [0.1, 0.15) is 6.04 Å². The molecule has 0 saturated heterocycles. The van der Waals surface area contributed by atoms with Crippen LogP contribution in [0, 0.1) is 5.92 Å². The summed E-state index contributed by atoms with van der Waals surface area (Å²) < 4.78 is 0. The van der Waals surface area contributed by atoms with Crippen LogP contribution in [0.25, 0.3) is 0 Å². The van der Waals surface area contributed by atoms with Crippen molar-refractivity contribution in [1.29, 1.82) is 0 Å². The van der Waals surface area contributed by atoms with Crippen LogP contribution in [0.5, 0.6) is 0 Å². The molecule has 2 saturated carbocycles. The van der Waals surface area contributed by atoms with Gasteiger partial charge in [-0.1, -0.05) is 0 Å². The van der Waals surface area contributed by atoms with Crippen molar-refractivity contribution >= 4 is 11.8 Å². The fraction of sp³-hybridized carbons (Fsp3) is 0.846. The molecular weight excluding hydrogens is 230 g/mol. The van der Waals surface area contributed by atoms with Crippen molar-refractivity contribution in [3.63, 3.8) is 0 Å². The first-order chi connectivity index (χ1) is 8.56. The zero-order valence-corrected chi connectivity index (χ0v) is 10.9. The summed E-state index contributed by atoms with van der Waals surface area (Å²) in [6.45, 7) is 1.74. The zero-order valence-electron chi connectivity index (χ0n) is 10.9. The van der Waals surface area contributed by atoms with Gasteiger partial charge in [-0.3, -0.25) is 9.59 Å². The Balaban J connectivity index is 1.73. The number of nitrogens with two attached hydrogens (primary N) is 1. The molecule has 2 aliphatic carbocycles. The third-order valence-electron chi connectivity index (χ3n) is 3.82. The quantitative estimate of drug-likeness (QED) is 0.673. The molecule has 0 aromatic rings. The van der Waals surface area contributed by atoms with Gasteiger partial charge in [-0.15, -0.1) is 0 Å². The highest BCUT2D eigenvalue weighted by Gasteiger charge is 2.29. The smallest absolute Gasteiger partial charge is 0.242 e. The topological polar surface area (TPSA) is 84.2 Å². The minimum atomic E-state index is -0.436.